The average Bonchev–Trinajstić information content (AvgIpc) is 2.36. The summed E-state index contributed by atoms with van der Waals surface area (Å²) >= 11 is 0. The number of rotatable bonds is 6. The fraction of sp³-hybridized carbons (Fsp3) is 0.417. The molecule has 9 heteroatoms. The molecule has 0 saturated heterocycles. The second kappa shape index (κ2) is 6.46. The Morgan fingerprint density at radius 1 is 1.33 bits per heavy atom. The maximum Gasteiger partial charge on any atom is 0.339 e. The molecule has 0 aliphatic heterocycles. The summed E-state index contributed by atoms with van der Waals surface area (Å²) in [6, 6.07) is 1.75. The first-order chi connectivity index (χ1) is 9.58. The Morgan fingerprint density at radius 3 is 2.33 bits per heavy atom. The van der Waals surface area contributed by atoms with Crippen LogP contribution in [0, 0.1) is 11.6 Å². The first-order valence-corrected chi connectivity index (χ1v) is 7.42. The van der Waals surface area contributed by atoms with E-state index in [1.807, 2.05) is 4.72 Å². The van der Waals surface area contributed by atoms with Crippen LogP contribution in [0.5, 0.6) is 0 Å². The fourth-order valence-corrected chi connectivity index (χ4v) is 2.53. The lowest BCUT2D eigenvalue weighted by molar-refractivity contribution is -0.162. The van der Waals surface area contributed by atoms with E-state index >= 15 is 0 Å². The van der Waals surface area contributed by atoms with Crippen molar-refractivity contribution in [3.63, 3.8) is 0 Å². The van der Waals surface area contributed by atoms with Gasteiger partial charge in [-0.1, -0.05) is 0 Å². The minimum absolute atomic E-state index is 0.0108. The molecule has 0 heterocycles. The minimum atomic E-state index is -4.28. The van der Waals surface area contributed by atoms with Gasteiger partial charge in [0.25, 0.3) is 0 Å². The normalized spacial score (nSPS) is 14.5. The van der Waals surface area contributed by atoms with Crippen molar-refractivity contribution in [2.24, 2.45) is 0 Å². The highest BCUT2D eigenvalue weighted by atomic mass is 32.2. The van der Waals surface area contributed by atoms with Crippen LogP contribution in [-0.4, -0.2) is 38.2 Å². The number of esters is 1. The van der Waals surface area contributed by atoms with Crippen molar-refractivity contribution in [2.45, 2.75) is 24.3 Å². The average molecular weight is 323 g/mol. The number of carbonyl (C=O) groups excluding carboxylic acids is 1. The quantitative estimate of drug-likeness (QED) is 0.746. The van der Waals surface area contributed by atoms with E-state index in [1.54, 1.807) is 0 Å². The van der Waals surface area contributed by atoms with Crippen molar-refractivity contribution in [1.82, 2.24) is 4.72 Å². The molecule has 0 aliphatic carbocycles. The highest BCUT2D eigenvalue weighted by Gasteiger charge is 2.33. The number of nitrogens with one attached hydrogen (secondary N) is 1. The molecule has 21 heavy (non-hydrogen) atoms. The van der Waals surface area contributed by atoms with Crippen LogP contribution in [0.3, 0.4) is 0 Å². The zero-order valence-corrected chi connectivity index (χ0v) is 12.2. The maximum atomic E-state index is 13.0. The van der Waals surface area contributed by atoms with Crippen LogP contribution in [0.2, 0.25) is 0 Å². The molecule has 6 nitrogen and oxygen atoms in total. The van der Waals surface area contributed by atoms with Gasteiger partial charge < -0.3 is 9.84 Å². The molecule has 0 aliphatic rings. The van der Waals surface area contributed by atoms with Crippen molar-refractivity contribution in [2.75, 3.05) is 13.2 Å². The molecule has 0 radical (unpaired) electrons. The molecule has 1 aromatic carbocycles. The molecule has 0 bridgehead atoms. The number of halogens is 2. The third-order valence-electron chi connectivity index (χ3n) is 2.47. The molecule has 0 spiro atoms. The zero-order valence-electron chi connectivity index (χ0n) is 11.4. The van der Waals surface area contributed by atoms with Gasteiger partial charge in [-0.3, -0.25) is 0 Å². The van der Waals surface area contributed by atoms with Crippen LogP contribution in [0.1, 0.15) is 13.8 Å². The van der Waals surface area contributed by atoms with Crippen LogP contribution < -0.4 is 4.72 Å². The van der Waals surface area contributed by atoms with E-state index in [0.29, 0.717) is 18.2 Å². The van der Waals surface area contributed by atoms with Crippen molar-refractivity contribution in [3.8, 4) is 0 Å². The molecule has 1 atom stereocenters. The molecule has 0 saturated carbocycles. The third-order valence-corrected chi connectivity index (χ3v) is 3.85. The summed E-state index contributed by atoms with van der Waals surface area (Å²) in [4.78, 5) is 10.7. The summed E-state index contributed by atoms with van der Waals surface area (Å²) in [5.41, 5.74) is -2.10. The van der Waals surface area contributed by atoms with Crippen LogP contribution in [0.15, 0.2) is 23.1 Å². The van der Waals surface area contributed by atoms with E-state index < -0.39 is 44.7 Å². The highest BCUT2D eigenvalue weighted by Crippen LogP contribution is 2.14. The van der Waals surface area contributed by atoms with Crippen molar-refractivity contribution in [1.29, 1.82) is 0 Å². The van der Waals surface area contributed by atoms with E-state index in [1.165, 1.54) is 6.92 Å². The third kappa shape index (κ3) is 4.73. The number of carbonyl (C=O) groups is 1. The van der Waals surface area contributed by atoms with E-state index in [2.05, 4.69) is 4.74 Å². The highest BCUT2D eigenvalue weighted by molar-refractivity contribution is 7.89. The maximum absolute atomic E-state index is 13.0. The van der Waals surface area contributed by atoms with E-state index in [9.17, 15) is 27.1 Å². The fourth-order valence-electron chi connectivity index (χ4n) is 1.36. The van der Waals surface area contributed by atoms with Gasteiger partial charge in [0.2, 0.25) is 10.0 Å². The summed E-state index contributed by atoms with van der Waals surface area (Å²) in [5, 5.41) is 9.78. The van der Waals surface area contributed by atoms with E-state index in [4.69, 9.17) is 0 Å². The van der Waals surface area contributed by atoms with Crippen LogP contribution >= 0.6 is 0 Å². The number of aliphatic hydroxyl groups is 1. The Labute approximate surface area is 120 Å². The van der Waals surface area contributed by atoms with Gasteiger partial charge in [0.05, 0.1) is 18.0 Å². The van der Waals surface area contributed by atoms with Crippen LogP contribution in [0.4, 0.5) is 8.78 Å². The van der Waals surface area contributed by atoms with Gasteiger partial charge >= 0.3 is 5.97 Å². The van der Waals surface area contributed by atoms with Crippen molar-refractivity contribution >= 4 is 16.0 Å². The Hall–Kier alpha value is -1.58. The Kier molecular flexibility index (Phi) is 5.37. The van der Waals surface area contributed by atoms with Crippen molar-refractivity contribution < 1.29 is 31.8 Å². The molecule has 0 aromatic heterocycles. The van der Waals surface area contributed by atoms with Gasteiger partial charge in [0.1, 0.15) is 11.6 Å². The smallest absolute Gasteiger partial charge is 0.339 e. The lowest BCUT2D eigenvalue weighted by atomic mass is 10.1. The standard InChI is InChI=1S/C12H15F2NO5S/c1-3-20-11(16)12(2,17)7-15-21(18,19)10-5-8(13)4-9(14)6-10/h4-6,15,17H,3,7H2,1-2H3. The molecule has 0 fully saturated rings. The lowest BCUT2D eigenvalue weighted by Gasteiger charge is -2.21. The van der Waals surface area contributed by atoms with E-state index in [0.717, 1.165) is 6.92 Å². The van der Waals surface area contributed by atoms with Gasteiger partial charge in [0.15, 0.2) is 5.60 Å². The van der Waals surface area contributed by atoms with Gasteiger partial charge in [0, 0.05) is 6.07 Å². The van der Waals surface area contributed by atoms with E-state index in [-0.39, 0.29) is 6.61 Å². The zero-order chi connectivity index (χ0) is 16.3. The molecule has 1 unspecified atom stereocenters. The summed E-state index contributed by atoms with van der Waals surface area (Å²) in [5.74, 6) is -3.14. The number of hydrogen-bond acceptors (Lipinski definition) is 5. The largest absolute Gasteiger partial charge is 0.464 e. The SMILES string of the molecule is CCOC(=O)C(C)(O)CNS(=O)(=O)c1cc(F)cc(F)c1. The first-order valence-electron chi connectivity index (χ1n) is 5.94. The lowest BCUT2D eigenvalue weighted by Crippen LogP contribution is -2.47. The number of ether oxygens (including phenoxy) is 1. The Morgan fingerprint density at radius 2 is 1.86 bits per heavy atom. The van der Waals surface area contributed by atoms with Crippen LogP contribution in [-0.2, 0) is 19.6 Å². The second-order valence-electron chi connectivity index (χ2n) is 4.42. The first kappa shape index (κ1) is 17.5. The Bertz CT molecular complexity index is 610. The monoisotopic (exact) mass is 323 g/mol. The number of sulfonamides is 1. The molecule has 2 N–H and O–H groups in total. The second-order valence-corrected chi connectivity index (χ2v) is 6.19. The Balaban J connectivity index is 2.89. The minimum Gasteiger partial charge on any atom is -0.464 e. The summed E-state index contributed by atoms with van der Waals surface area (Å²) in [6.45, 7) is 1.89. The number of hydrogen-bond donors (Lipinski definition) is 2. The number of benzene rings is 1. The van der Waals surface area contributed by atoms with Gasteiger partial charge in [-0.2, -0.15) is 0 Å². The van der Waals surface area contributed by atoms with Crippen LogP contribution in [0.25, 0.3) is 0 Å². The van der Waals surface area contributed by atoms with Gasteiger partial charge in [-0.25, -0.2) is 26.7 Å². The molecule has 0 amide bonds. The molecule has 1 aromatic rings. The summed E-state index contributed by atoms with van der Waals surface area (Å²) < 4.78 is 56.2. The predicted molar refractivity (Wildman–Crippen MR) is 68.8 cm³/mol. The molecular weight excluding hydrogens is 308 g/mol. The molecule has 118 valence electrons. The summed E-state index contributed by atoms with van der Waals surface area (Å²) in [6.07, 6.45) is 0. The van der Waals surface area contributed by atoms with Gasteiger partial charge in [-0.05, 0) is 26.0 Å². The van der Waals surface area contributed by atoms with Gasteiger partial charge in [-0.15, -0.1) is 0 Å². The molecule has 1 rings (SSSR count). The summed E-state index contributed by atoms with van der Waals surface area (Å²) in [7, 11) is -4.28. The topological polar surface area (TPSA) is 92.7 Å². The van der Waals surface area contributed by atoms with Crippen molar-refractivity contribution in [3.05, 3.63) is 29.8 Å². The molecular formula is C12H15F2NO5S. The predicted octanol–water partition coefficient (Wildman–Crippen LogP) is 0.557.